The zero-order valence-electron chi connectivity index (χ0n) is 16.4. The van der Waals surface area contributed by atoms with Gasteiger partial charge in [-0.3, -0.25) is 0 Å². The fraction of sp³-hybridized carbons (Fsp3) is 0.250. The van der Waals surface area contributed by atoms with E-state index in [4.69, 9.17) is 0 Å². The van der Waals surface area contributed by atoms with Crippen LogP contribution in [-0.2, 0) is 6.18 Å². The fourth-order valence-corrected chi connectivity index (χ4v) is 2.51. The van der Waals surface area contributed by atoms with Crippen LogP contribution in [0.25, 0.3) is 11.5 Å². The molecule has 0 aliphatic carbocycles. The average Bonchev–Trinajstić information content (AvgIpc) is 2.64. The Labute approximate surface area is 174 Å². The lowest BCUT2D eigenvalue weighted by Crippen LogP contribution is -2.29. The minimum atomic E-state index is -4.66. The first-order valence-corrected chi connectivity index (χ1v) is 9.02. The molecule has 2 heterocycles. The van der Waals surface area contributed by atoms with Crippen molar-refractivity contribution in [2.45, 2.75) is 25.6 Å². The van der Waals surface area contributed by atoms with Crippen LogP contribution in [0.2, 0.25) is 0 Å². The number of alkyl halides is 3. The molecule has 3 N–H and O–H groups in total. The van der Waals surface area contributed by atoms with Crippen molar-refractivity contribution in [2.24, 2.45) is 0 Å². The molecule has 0 atom stereocenters. The van der Waals surface area contributed by atoms with Crippen LogP contribution in [0, 0.1) is 11.6 Å². The minimum absolute atomic E-state index is 0.0348. The van der Waals surface area contributed by atoms with Gasteiger partial charge < -0.3 is 15.7 Å². The van der Waals surface area contributed by atoms with Gasteiger partial charge >= 0.3 is 6.18 Å². The second kappa shape index (κ2) is 8.42. The maximum Gasteiger partial charge on any atom is 0.433 e. The van der Waals surface area contributed by atoms with Crippen LogP contribution in [0.1, 0.15) is 19.5 Å². The summed E-state index contributed by atoms with van der Waals surface area (Å²) in [6.45, 7) is 3.16. The first-order valence-electron chi connectivity index (χ1n) is 9.02. The number of benzene rings is 1. The second-order valence-electron chi connectivity index (χ2n) is 7.32. The van der Waals surface area contributed by atoms with Crippen molar-refractivity contribution in [3.05, 3.63) is 59.8 Å². The van der Waals surface area contributed by atoms with Crippen LogP contribution in [0.3, 0.4) is 0 Å². The standard InChI is InChI=1S/C20H18F5N5O/c1-19(2,31)10-26-16-9-17(27-13-7-11(21)6-12(22)8-13)30-18(29-16)14-4-3-5-15(28-14)20(23,24)25/h3-9,31H,10H2,1-2H3,(H2,26,27,29,30). The Morgan fingerprint density at radius 1 is 0.903 bits per heavy atom. The van der Waals surface area contributed by atoms with E-state index in [1.54, 1.807) is 13.8 Å². The van der Waals surface area contributed by atoms with E-state index < -0.39 is 29.1 Å². The van der Waals surface area contributed by atoms with E-state index in [1.807, 2.05) is 0 Å². The van der Waals surface area contributed by atoms with Crippen LogP contribution < -0.4 is 10.6 Å². The number of halogens is 5. The Balaban J connectivity index is 2.02. The van der Waals surface area contributed by atoms with Gasteiger partial charge in [0.25, 0.3) is 0 Å². The molecule has 11 heteroatoms. The summed E-state index contributed by atoms with van der Waals surface area (Å²) in [5, 5.41) is 15.5. The fourth-order valence-electron chi connectivity index (χ4n) is 2.51. The highest BCUT2D eigenvalue weighted by molar-refractivity contribution is 5.63. The smallest absolute Gasteiger partial charge is 0.389 e. The van der Waals surface area contributed by atoms with Crippen molar-refractivity contribution in [1.82, 2.24) is 15.0 Å². The topological polar surface area (TPSA) is 83.0 Å². The minimum Gasteiger partial charge on any atom is -0.389 e. The highest BCUT2D eigenvalue weighted by atomic mass is 19.4. The largest absolute Gasteiger partial charge is 0.433 e. The van der Waals surface area contributed by atoms with Crippen LogP contribution in [0.5, 0.6) is 0 Å². The lowest BCUT2D eigenvalue weighted by atomic mass is 10.1. The van der Waals surface area contributed by atoms with Crippen molar-refractivity contribution in [3.63, 3.8) is 0 Å². The molecule has 164 valence electrons. The Kier molecular flexibility index (Phi) is 6.07. The van der Waals surface area contributed by atoms with Crippen molar-refractivity contribution < 1.29 is 27.1 Å². The molecule has 0 bridgehead atoms. The van der Waals surface area contributed by atoms with Gasteiger partial charge in [-0.15, -0.1) is 0 Å². The van der Waals surface area contributed by atoms with Crippen LogP contribution in [0.15, 0.2) is 42.5 Å². The third-order valence-corrected chi connectivity index (χ3v) is 3.83. The quantitative estimate of drug-likeness (QED) is 0.481. The Morgan fingerprint density at radius 2 is 1.55 bits per heavy atom. The summed E-state index contributed by atoms with van der Waals surface area (Å²) in [6.07, 6.45) is -4.66. The molecule has 0 unspecified atom stereocenters. The molecule has 31 heavy (non-hydrogen) atoms. The molecule has 0 aliphatic heterocycles. The van der Waals surface area contributed by atoms with Gasteiger partial charge in [0.05, 0.1) is 5.60 Å². The molecule has 0 aliphatic rings. The van der Waals surface area contributed by atoms with Gasteiger partial charge in [-0.25, -0.2) is 23.7 Å². The van der Waals surface area contributed by atoms with Crippen molar-refractivity contribution in [1.29, 1.82) is 0 Å². The van der Waals surface area contributed by atoms with Gasteiger partial charge in [0, 0.05) is 24.4 Å². The van der Waals surface area contributed by atoms with E-state index in [2.05, 4.69) is 25.6 Å². The molecule has 0 radical (unpaired) electrons. The Morgan fingerprint density at radius 3 is 2.16 bits per heavy atom. The molecule has 0 fully saturated rings. The third kappa shape index (κ3) is 6.32. The summed E-state index contributed by atoms with van der Waals surface area (Å²) in [7, 11) is 0. The molecule has 1 aromatic carbocycles. The van der Waals surface area contributed by atoms with Crippen LogP contribution in [-0.4, -0.2) is 32.2 Å². The summed E-state index contributed by atoms with van der Waals surface area (Å²) in [5.74, 6) is -1.60. The number of pyridine rings is 1. The van der Waals surface area contributed by atoms with Crippen molar-refractivity contribution >= 4 is 17.3 Å². The van der Waals surface area contributed by atoms with E-state index >= 15 is 0 Å². The van der Waals surface area contributed by atoms with Crippen LogP contribution >= 0.6 is 0 Å². The molecule has 3 rings (SSSR count). The summed E-state index contributed by atoms with van der Waals surface area (Å²) in [4.78, 5) is 11.8. The highest BCUT2D eigenvalue weighted by Crippen LogP contribution is 2.29. The van der Waals surface area contributed by atoms with Crippen molar-refractivity contribution in [3.8, 4) is 11.5 Å². The number of anilines is 3. The zero-order valence-corrected chi connectivity index (χ0v) is 16.4. The van der Waals surface area contributed by atoms with E-state index in [0.29, 0.717) is 6.07 Å². The van der Waals surface area contributed by atoms with Gasteiger partial charge in [0.15, 0.2) is 5.82 Å². The molecular weight excluding hydrogens is 421 g/mol. The first kappa shape index (κ1) is 22.3. The number of nitrogens with one attached hydrogen (secondary N) is 2. The molecule has 0 saturated carbocycles. The molecule has 0 saturated heterocycles. The van der Waals surface area contributed by atoms with Gasteiger partial charge in [-0.1, -0.05) is 6.07 Å². The van der Waals surface area contributed by atoms with Crippen LogP contribution in [0.4, 0.5) is 39.3 Å². The summed E-state index contributed by atoms with van der Waals surface area (Å²) in [6, 6.07) is 7.41. The normalized spacial score (nSPS) is 12.0. The van der Waals surface area contributed by atoms with Gasteiger partial charge in [0.1, 0.15) is 34.7 Å². The predicted molar refractivity (Wildman–Crippen MR) is 105 cm³/mol. The number of hydrogen-bond donors (Lipinski definition) is 3. The van der Waals surface area contributed by atoms with E-state index in [9.17, 15) is 27.1 Å². The monoisotopic (exact) mass is 439 g/mol. The average molecular weight is 439 g/mol. The third-order valence-electron chi connectivity index (χ3n) is 3.83. The van der Waals surface area contributed by atoms with Gasteiger partial charge in [-0.05, 0) is 38.1 Å². The van der Waals surface area contributed by atoms with Gasteiger partial charge in [-0.2, -0.15) is 13.2 Å². The molecule has 2 aromatic heterocycles. The molecule has 0 amide bonds. The number of nitrogens with zero attached hydrogens (tertiary/aromatic N) is 3. The molecule has 6 nitrogen and oxygen atoms in total. The molecular formula is C20H18F5N5O. The summed E-state index contributed by atoms with van der Waals surface area (Å²) < 4.78 is 66.1. The maximum absolute atomic E-state index is 13.5. The van der Waals surface area contributed by atoms with E-state index in [1.165, 1.54) is 18.2 Å². The maximum atomic E-state index is 13.5. The predicted octanol–water partition coefficient (Wildman–Crippen LogP) is 4.76. The van der Waals surface area contributed by atoms with Crippen molar-refractivity contribution in [2.75, 3.05) is 17.2 Å². The number of rotatable bonds is 6. The zero-order chi connectivity index (χ0) is 22.8. The Bertz CT molecular complexity index is 1060. The summed E-state index contributed by atoms with van der Waals surface area (Å²) in [5.41, 5.74) is -2.35. The second-order valence-corrected chi connectivity index (χ2v) is 7.32. The number of aliphatic hydroxyl groups is 1. The van der Waals surface area contributed by atoms with E-state index in [-0.39, 0.29) is 35.4 Å². The Hall–Kier alpha value is -3.34. The SMILES string of the molecule is CC(C)(O)CNc1cc(Nc2cc(F)cc(F)c2)nc(-c2cccc(C(F)(F)F)n2)n1. The summed E-state index contributed by atoms with van der Waals surface area (Å²) >= 11 is 0. The highest BCUT2D eigenvalue weighted by Gasteiger charge is 2.32. The molecule has 3 aromatic rings. The lowest BCUT2D eigenvalue weighted by molar-refractivity contribution is -0.141. The van der Waals surface area contributed by atoms with Gasteiger partial charge in [0.2, 0.25) is 0 Å². The number of aromatic nitrogens is 3. The first-order chi connectivity index (χ1) is 14.4. The molecule has 0 spiro atoms. The number of hydrogen-bond acceptors (Lipinski definition) is 6. The lowest BCUT2D eigenvalue weighted by Gasteiger charge is -2.19. The van der Waals surface area contributed by atoms with E-state index in [0.717, 1.165) is 18.2 Å².